The van der Waals surface area contributed by atoms with Gasteiger partial charge in [-0.1, -0.05) is 29.8 Å². The van der Waals surface area contributed by atoms with Crippen molar-refractivity contribution in [3.05, 3.63) is 35.4 Å². The Hall–Kier alpha value is -0.570. The third kappa shape index (κ3) is 2.81. The minimum atomic E-state index is -0.240. The quantitative estimate of drug-likeness (QED) is 0.736. The molecule has 2 nitrogen and oxygen atoms in total. The first-order valence-corrected chi connectivity index (χ1v) is 3.67. The van der Waals surface area contributed by atoms with Crippen molar-refractivity contribution >= 4 is 12.4 Å². The molecule has 1 rings (SSSR count). The van der Waals surface area contributed by atoms with Crippen molar-refractivity contribution in [1.82, 2.24) is 0 Å². The summed E-state index contributed by atoms with van der Waals surface area (Å²) in [5.74, 6) is 0. The predicted octanol–water partition coefficient (Wildman–Crippen LogP) is 1.41. The van der Waals surface area contributed by atoms with Crippen molar-refractivity contribution < 1.29 is 5.11 Å². The molecule has 0 heterocycles. The second-order valence-electron chi connectivity index (χ2n) is 2.70. The predicted molar refractivity (Wildman–Crippen MR) is 52.4 cm³/mol. The number of hydrogen-bond donors (Lipinski definition) is 2. The summed E-state index contributed by atoms with van der Waals surface area (Å²) in [6.07, 6.45) is 0. The molecule has 1 aromatic carbocycles. The number of aryl methyl sites for hydroxylation is 1. The monoisotopic (exact) mass is 187 g/mol. The topological polar surface area (TPSA) is 46.2 Å². The average Bonchev–Trinajstić information content (AvgIpc) is 2.05. The van der Waals surface area contributed by atoms with Gasteiger partial charge in [0.05, 0.1) is 12.6 Å². The van der Waals surface area contributed by atoms with E-state index in [2.05, 4.69) is 0 Å². The highest BCUT2D eigenvalue weighted by atomic mass is 35.5. The zero-order valence-electron chi connectivity index (χ0n) is 7.03. The maximum absolute atomic E-state index is 8.73. The molecular weight excluding hydrogens is 174 g/mol. The first-order chi connectivity index (χ1) is 5.24. The SMILES string of the molecule is Cc1ccc([C@@H](N)CO)cc1.Cl. The van der Waals surface area contributed by atoms with E-state index >= 15 is 0 Å². The van der Waals surface area contributed by atoms with Crippen LogP contribution >= 0.6 is 12.4 Å². The van der Waals surface area contributed by atoms with Gasteiger partial charge in [-0.25, -0.2) is 0 Å². The molecule has 0 saturated heterocycles. The van der Waals surface area contributed by atoms with Crippen LogP contribution in [-0.4, -0.2) is 11.7 Å². The van der Waals surface area contributed by atoms with E-state index in [1.807, 2.05) is 31.2 Å². The van der Waals surface area contributed by atoms with Gasteiger partial charge in [-0.3, -0.25) is 0 Å². The van der Waals surface area contributed by atoms with Crippen LogP contribution in [0.5, 0.6) is 0 Å². The molecule has 0 unspecified atom stereocenters. The Morgan fingerprint density at radius 1 is 1.33 bits per heavy atom. The lowest BCUT2D eigenvalue weighted by molar-refractivity contribution is 0.268. The van der Waals surface area contributed by atoms with E-state index in [1.54, 1.807) is 0 Å². The maximum atomic E-state index is 8.73. The van der Waals surface area contributed by atoms with E-state index in [0.29, 0.717) is 0 Å². The van der Waals surface area contributed by atoms with Crippen LogP contribution in [0.2, 0.25) is 0 Å². The fraction of sp³-hybridized carbons (Fsp3) is 0.333. The molecule has 3 heteroatoms. The molecule has 1 atom stereocenters. The summed E-state index contributed by atoms with van der Waals surface area (Å²) >= 11 is 0. The van der Waals surface area contributed by atoms with E-state index in [-0.39, 0.29) is 25.1 Å². The van der Waals surface area contributed by atoms with Crippen LogP contribution < -0.4 is 5.73 Å². The second-order valence-corrected chi connectivity index (χ2v) is 2.70. The van der Waals surface area contributed by atoms with E-state index in [9.17, 15) is 0 Å². The lowest BCUT2D eigenvalue weighted by Crippen LogP contribution is -2.14. The Labute approximate surface area is 78.8 Å². The Kier molecular flexibility index (Phi) is 4.90. The van der Waals surface area contributed by atoms with Crippen LogP contribution in [0.3, 0.4) is 0 Å². The zero-order valence-corrected chi connectivity index (χ0v) is 7.84. The lowest BCUT2D eigenvalue weighted by atomic mass is 10.1. The van der Waals surface area contributed by atoms with Crippen molar-refractivity contribution in [2.24, 2.45) is 5.73 Å². The highest BCUT2D eigenvalue weighted by Gasteiger charge is 2.01. The van der Waals surface area contributed by atoms with Crippen LogP contribution in [0.15, 0.2) is 24.3 Å². The highest BCUT2D eigenvalue weighted by molar-refractivity contribution is 5.85. The second kappa shape index (κ2) is 5.14. The first-order valence-electron chi connectivity index (χ1n) is 3.67. The van der Waals surface area contributed by atoms with E-state index in [1.165, 1.54) is 5.56 Å². The van der Waals surface area contributed by atoms with Gasteiger partial charge in [0.2, 0.25) is 0 Å². The van der Waals surface area contributed by atoms with Gasteiger partial charge >= 0.3 is 0 Å². The third-order valence-corrected chi connectivity index (χ3v) is 1.70. The summed E-state index contributed by atoms with van der Waals surface area (Å²) in [5.41, 5.74) is 7.79. The largest absolute Gasteiger partial charge is 0.394 e. The fourth-order valence-electron chi connectivity index (χ4n) is 0.919. The summed E-state index contributed by atoms with van der Waals surface area (Å²) in [5, 5.41) is 8.73. The van der Waals surface area contributed by atoms with Crippen LogP contribution in [-0.2, 0) is 0 Å². The summed E-state index contributed by atoms with van der Waals surface area (Å²) in [4.78, 5) is 0. The molecule has 0 saturated carbocycles. The van der Waals surface area contributed by atoms with Crippen molar-refractivity contribution in [1.29, 1.82) is 0 Å². The first kappa shape index (κ1) is 11.4. The molecule has 3 N–H and O–H groups in total. The van der Waals surface area contributed by atoms with Gasteiger partial charge in [-0.15, -0.1) is 12.4 Å². The lowest BCUT2D eigenvalue weighted by Gasteiger charge is -2.07. The van der Waals surface area contributed by atoms with Gasteiger partial charge in [0.1, 0.15) is 0 Å². The Morgan fingerprint density at radius 2 is 1.83 bits per heavy atom. The van der Waals surface area contributed by atoms with E-state index in [4.69, 9.17) is 10.8 Å². The molecule has 0 fully saturated rings. The van der Waals surface area contributed by atoms with Gasteiger partial charge < -0.3 is 10.8 Å². The fourth-order valence-corrected chi connectivity index (χ4v) is 0.919. The normalized spacial score (nSPS) is 11.9. The van der Waals surface area contributed by atoms with Crippen LogP contribution in [0, 0.1) is 6.92 Å². The molecule has 1 aromatic rings. The highest BCUT2D eigenvalue weighted by Crippen LogP contribution is 2.09. The Morgan fingerprint density at radius 3 is 2.25 bits per heavy atom. The standard InChI is InChI=1S/C9H13NO.ClH/c1-7-2-4-8(5-3-7)9(10)6-11;/h2-5,9,11H,6,10H2,1H3;1H/t9-;/m0./s1. The number of hydrogen-bond acceptors (Lipinski definition) is 2. The minimum absolute atomic E-state index is 0. The van der Waals surface area contributed by atoms with Gasteiger partial charge in [0.15, 0.2) is 0 Å². The Bertz CT molecular complexity index is 222. The molecule has 0 spiro atoms. The van der Waals surface area contributed by atoms with Crippen LogP contribution in [0.4, 0.5) is 0 Å². The van der Waals surface area contributed by atoms with Crippen molar-refractivity contribution in [3.8, 4) is 0 Å². The van der Waals surface area contributed by atoms with Gasteiger partial charge in [0, 0.05) is 0 Å². The maximum Gasteiger partial charge on any atom is 0.0624 e. The molecule has 0 aliphatic heterocycles. The third-order valence-electron chi connectivity index (χ3n) is 1.70. The number of halogens is 1. The number of rotatable bonds is 2. The van der Waals surface area contributed by atoms with Gasteiger partial charge in [-0.2, -0.15) is 0 Å². The molecule has 0 bridgehead atoms. The van der Waals surface area contributed by atoms with Gasteiger partial charge in [-0.05, 0) is 12.5 Å². The molecule has 12 heavy (non-hydrogen) atoms. The minimum Gasteiger partial charge on any atom is -0.394 e. The number of nitrogens with two attached hydrogens (primary N) is 1. The van der Waals surface area contributed by atoms with Gasteiger partial charge in [0.25, 0.3) is 0 Å². The van der Waals surface area contributed by atoms with Crippen LogP contribution in [0.1, 0.15) is 17.2 Å². The number of aliphatic hydroxyl groups excluding tert-OH is 1. The summed E-state index contributed by atoms with van der Waals surface area (Å²) in [7, 11) is 0. The zero-order chi connectivity index (χ0) is 8.27. The average molecular weight is 188 g/mol. The van der Waals surface area contributed by atoms with Crippen molar-refractivity contribution in [3.63, 3.8) is 0 Å². The van der Waals surface area contributed by atoms with Crippen LogP contribution in [0.25, 0.3) is 0 Å². The molecular formula is C9H14ClNO. The molecule has 0 aromatic heterocycles. The molecule has 0 aliphatic carbocycles. The van der Waals surface area contributed by atoms with Crippen molar-refractivity contribution in [2.75, 3.05) is 6.61 Å². The molecule has 0 aliphatic rings. The van der Waals surface area contributed by atoms with E-state index < -0.39 is 0 Å². The number of benzene rings is 1. The summed E-state index contributed by atoms with van der Waals surface area (Å²) in [6, 6.07) is 7.62. The smallest absolute Gasteiger partial charge is 0.0624 e. The molecule has 0 amide bonds. The molecule has 68 valence electrons. The molecule has 0 radical (unpaired) electrons. The number of aliphatic hydroxyl groups is 1. The van der Waals surface area contributed by atoms with E-state index in [0.717, 1.165) is 5.56 Å². The summed E-state index contributed by atoms with van der Waals surface area (Å²) < 4.78 is 0. The van der Waals surface area contributed by atoms with Crippen molar-refractivity contribution in [2.45, 2.75) is 13.0 Å². The summed E-state index contributed by atoms with van der Waals surface area (Å²) in [6.45, 7) is 2.03. The Balaban J connectivity index is 0.00000121.